The molecule has 0 radical (unpaired) electrons. The number of aromatic nitrogens is 3. The standard InChI is InChI=1S/C62H37N5/c63-38-42-20-15-21-43(39-64)62(42)54-36-51(41-18-5-2-6-19-41)61(37-50(54)40-16-3-1-4-17-40)67-59-32-30-44(65-55-26-11-7-22-46(55)47-23-8-12-27-56(47)65)34-52(59)53-35-45(31-33-60(53)67)66-57-28-13-9-24-48(57)49-25-10-14-29-58(49)66/h1-37H. The monoisotopic (exact) mass is 851 g/mol. The molecule has 0 spiro atoms. The molecule has 67 heavy (non-hydrogen) atoms. The molecule has 0 saturated heterocycles. The molecule has 3 aromatic heterocycles. The van der Waals surface area contributed by atoms with Gasteiger partial charge in [-0.15, -0.1) is 0 Å². The summed E-state index contributed by atoms with van der Waals surface area (Å²) in [5.74, 6) is 0. The van der Waals surface area contributed by atoms with Gasteiger partial charge in [-0.2, -0.15) is 10.5 Å². The molecule has 13 aromatic rings. The maximum Gasteiger partial charge on any atom is 0.0998 e. The van der Waals surface area contributed by atoms with E-state index in [-0.39, 0.29) is 0 Å². The van der Waals surface area contributed by atoms with Gasteiger partial charge in [0.1, 0.15) is 0 Å². The van der Waals surface area contributed by atoms with Crippen molar-refractivity contribution >= 4 is 65.4 Å². The van der Waals surface area contributed by atoms with E-state index >= 15 is 0 Å². The van der Waals surface area contributed by atoms with Gasteiger partial charge < -0.3 is 13.7 Å². The quantitative estimate of drug-likeness (QED) is 0.167. The molecule has 310 valence electrons. The summed E-state index contributed by atoms with van der Waals surface area (Å²) in [7, 11) is 0. The van der Waals surface area contributed by atoms with Gasteiger partial charge in [0.25, 0.3) is 0 Å². The summed E-state index contributed by atoms with van der Waals surface area (Å²) in [6.07, 6.45) is 0. The van der Waals surface area contributed by atoms with Gasteiger partial charge in [-0.1, -0.05) is 140 Å². The molecule has 0 aliphatic heterocycles. The molecule has 0 aliphatic carbocycles. The fourth-order valence-electron chi connectivity index (χ4n) is 10.7. The SMILES string of the molecule is N#Cc1cccc(C#N)c1-c1cc(-c2ccccc2)c(-n2c3ccc(-n4c5ccccc5c5ccccc54)cc3c3cc(-n4c5ccccc5c5ccccc54)ccc32)cc1-c1ccccc1. The maximum atomic E-state index is 10.5. The molecule has 5 nitrogen and oxygen atoms in total. The van der Waals surface area contributed by atoms with Crippen molar-refractivity contribution in [2.45, 2.75) is 0 Å². The topological polar surface area (TPSA) is 62.4 Å². The predicted octanol–water partition coefficient (Wildman–Crippen LogP) is 15.7. The highest BCUT2D eigenvalue weighted by molar-refractivity contribution is 6.14. The van der Waals surface area contributed by atoms with Crippen molar-refractivity contribution in [2.24, 2.45) is 0 Å². The van der Waals surface area contributed by atoms with Crippen molar-refractivity contribution in [1.29, 1.82) is 10.5 Å². The van der Waals surface area contributed by atoms with Gasteiger partial charge in [0, 0.05) is 54.8 Å². The van der Waals surface area contributed by atoms with E-state index in [0.717, 1.165) is 88.8 Å². The van der Waals surface area contributed by atoms with E-state index in [1.54, 1.807) is 18.2 Å². The highest BCUT2D eigenvalue weighted by atomic mass is 15.0. The van der Waals surface area contributed by atoms with Gasteiger partial charge in [-0.05, 0) is 107 Å². The molecule has 3 heterocycles. The highest BCUT2D eigenvalue weighted by Gasteiger charge is 2.24. The number of hydrogen-bond acceptors (Lipinski definition) is 2. The van der Waals surface area contributed by atoms with Gasteiger partial charge >= 0.3 is 0 Å². The number of nitriles is 2. The van der Waals surface area contributed by atoms with Crippen LogP contribution in [0.4, 0.5) is 0 Å². The lowest BCUT2D eigenvalue weighted by Gasteiger charge is -2.21. The van der Waals surface area contributed by atoms with E-state index in [9.17, 15) is 10.5 Å². The van der Waals surface area contributed by atoms with E-state index in [1.165, 1.54) is 21.5 Å². The average Bonchev–Trinajstić information content (AvgIpc) is 4.04. The van der Waals surface area contributed by atoms with Crippen LogP contribution in [0.3, 0.4) is 0 Å². The van der Waals surface area contributed by atoms with Crippen molar-refractivity contribution in [3.8, 4) is 62.6 Å². The van der Waals surface area contributed by atoms with E-state index < -0.39 is 0 Å². The molecule has 13 rings (SSSR count). The molecule has 0 saturated carbocycles. The summed E-state index contributed by atoms with van der Waals surface area (Å²) in [4.78, 5) is 0. The molecule has 0 atom stereocenters. The molecule has 10 aromatic carbocycles. The fraction of sp³-hybridized carbons (Fsp3) is 0. The minimum atomic E-state index is 0.454. The first-order valence-corrected chi connectivity index (χ1v) is 22.5. The van der Waals surface area contributed by atoms with Crippen LogP contribution in [0, 0.1) is 22.7 Å². The van der Waals surface area contributed by atoms with Gasteiger partial charge in [0.15, 0.2) is 0 Å². The smallest absolute Gasteiger partial charge is 0.0998 e. The Morgan fingerprint density at radius 2 is 0.672 bits per heavy atom. The van der Waals surface area contributed by atoms with Crippen LogP contribution >= 0.6 is 0 Å². The zero-order valence-corrected chi connectivity index (χ0v) is 36.1. The molecule has 0 amide bonds. The lowest BCUT2D eigenvalue weighted by atomic mass is 9.86. The lowest BCUT2D eigenvalue weighted by Crippen LogP contribution is -2.02. The van der Waals surface area contributed by atoms with E-state index in [1.807, 2.05) is 24.3 Å². The first-order chi connectivity index (χ1) is 33.2. The zero-order chi connectivity index (χ0) is 44.6. The van der Waals surface area contributed by atoms with Crippen molar-refractivity contribution in [1.82, 2.24) is 13.7 Å². The van der Waals surface area contributed by atoms with Crippen molar-refractivity contribution in [3.63, 3.8) is 0 Å². The zero-order valence-electron chi connectivity index (χ0n) is 36.1. The lowest BCUT2D eigenvalue weighted by molar-refractivity contribution is 1.16. The first-order valence-electron chi connectivity index (χ1n) is 22.5. The third-order valence-corrected chi connectivity index (χ3v) is 13.5. The molecular formula is C62H37N5. The third kappa shape index (κ3) is 5.79. The van der Waals surface area contributed by atoms with Crippen LogP contribution in [-0.2, 0) is 0 Å². The fourth-order valence-corrected chi connectivity index (χ4v) is 10.7. The summed E-state index contributed by atoms with van der Waals surface area (Å²) in [5, 5.41) is 28.2. The predicted molar refractivity (Wildman–Crippen MR) is 275 cm³/mol. The Morgan fingerprint density at radius 1 is 0.284 bits per heavy atom. The van der Waals surface area contributed by atoms with E-state index in [2.05, 4.69) is 208 Å². The van der Waals surface area contributed by atoms with Crippen LogP contribution in [0.1, 0.15) is 11.1 Å². The number of nitrogens with zero attached hydrogens (tertiary/aromatic N) is 5. The molecule has 0 bridgehead atoms. The third-order valence-electron chi connectivity index (χ3n) is 13.5. The van der Waals surface area contributed by atoms with Gasteiger partial charge in [-0.3, -0.25) is 0 Å². The molecule has 0 fully saturated rings. The Labute approximate surface area is 386 Å². The molecular weight excluding hydrogens is 815 g/mol. The van der Waals surface area contributed by atoms with Gasteiger partial charge in [0.2, 0.25) is 0 Å². The van der Waals surface area contributed by atoms with E-state index in [0.29, 0.717) is 16.7 Å². The largest absolute Gasteiger partial charge is 0.309 e. The second-order valence-corrected chi connectivity index (χ2v) is 17.1. The minimum absolute atomic E-state index is 0.454. The number of benzene rings is 10. The van der Waals surface area contributed by atoms with Crippen molar-refractivity contribution in [3.05, 3.63) is 236 Å². The molecule has 0 unspecified atom stereocenters. The highest BCUT2D eigenvalue weighted by Crippen LogP contribution is 2.46. The minimum Gasteiger partial charge on any atom is -0.309 e. The Bertz CT molecular complexity index is 3920. The van der Waals surface area contributed by atoms with Crippen LogP contribution in [0.5, 0.6) is 0 Å². The van der Waals surface area contributed by atoms with Crippen LogP contribution in [0.25, 0.3) is 116 Å². The van der Waals surface area contributed by atoms with Gasteiger partial charge in [-0.25, -0.2) is 0 Å². The number of rotatable bonds is 6. The number of hydrogen-bond donors (Lipinski definition) is 0. The van der Waals surface area contributed by atoms with Crippen LogP contribution in [0.15, 0.2) is 224 Å². The van der Waals surface area contributed by atoms with Crippen LogP contribution in [-0.4, -0.2) is 13.7 Å². The summed E-state index contributed by atoms with van der Waals surface area (Å²) in [5.41, 5.74) is 16.1. The second kappa shape index (κ2) is 15.1. The molecule has 0 N–H and O–H groups in total. The number of fused-ring (bicyclic) bond motifs is 9. The average molecular weight is 852 g/mol. The molecule has 0 aliphatic rings. The van der Waals surface area contributed by atoms with Crippen molar-refractivity contribution < 1.29 is 0 Å². The Kier molecular flexibility index (Phi) is 8.58. The second-order valence-electron chi connectivity index (χ2n) is 17.1. The Morgan fingerprint density at radius 3 is 1.10 bits per heavy atom. The van der Waals surface area contributed by atoms with E-state index in [4.69, 9.17) is 0 Å². The normalized spacial score (nSPS) is 11.6. The summed E-state index contributed by atoms with van der Waals surface area (Å²) in [6, 6.07) is 83.9. The number of para-hydroxylation sites is 4. The van der Waals surface area contributed by atoms with Crippen LogP contribution < -0.4 is 0 Å². The Balaban J connectivity index is 1.17. The molecule has 5 heteroatoms. The first kappa shape index (κ1) is 38.1. The summed E-state index contributed by atoms with van der Waals surface area (Å²) >= 11 is 0. The summed E-state index contributed by atoms with van der Waals surface area (Å²) < 4.78 is 7.19. The van der Waals surface area contributed by atoms with Crippen molar-refractivity contribution in [2.75, 3.05) is 0 Å². The maximum absolute atomic E-state index is 10.5. The summed E-state index contributed by atoms with van der Waals surface area (Å²) in [6.45, 7) is 0. The van der Waals surface area contributed by atoms with Crippen LogP contribution in [0.2, 0.25) is 0 Å². The van der Waals surface area contributed by atoms with Gasteiger partial charge in [0.05, 0.1) is 62.1 Å². The Hall–Kier alpha value is -9.42.